The fourth-order valence-electron chi connectivity index (χ4n) is 1.55. The third-order valence-corrected chi connectivity index (χ3v) is 2.35. The van der Waals surface area contributed by atoms with E-state index in [2.05, 4.69) is 32.5 Å². The van der Waals surface area contributed by atoms with Gasteiger partial charge in [-0.15, -0.1) is 0 Å². The van der Waals surface area contributed by atoms with E-state index in [-0.39, 0.29) is 0 Å². The SMILES string of the molecule is CCCn1ncnc1CNCc1cccnn1. The van der Waals surface area contributed by atoms with Gasteiger partial charge in [-0.3, -0.25) is 0 Å². The monoisotopic (exact) mass is 232 g/mol. The molecule has 0 radical (unpaired) electrons. The lowest BCUT2D eigenvalue weighted by Crippen LogP contribution is -2.18. The van der Waals surface area contributed by atoms with Crippen LogP contribution in [-0.2, 0) is 19.6 Å². The van der Waals surface area contributed by atoms with Crippen molar-refractivity contribution >= 4 is 0 Å². The van der Waals surface area contributed by atoms with Crippen LogP contribution in [0.4, 0.5) is 0 Å². The van der Waals surface area contributed by atoms with Crippen molar-refractivity contribution in [2.75, 3.05) is 0 Å². The van der Waals surface area contributed by atoms with E-state index in [9.17, 15) is 0 Å². The summed E-state index contributed by atoms with van der Waals surface area (Å²) < 4.78 is 1.92. The second-order valence-electron chi connectivity index (χ2n) is 3.72. The summed E-state index contributed by atoms with van der Waals surface area (Å²) in [7, 11) is 0. The van der Waals surface area contributed by atoms with E-state index in [0.29, 0.717) is 13.1 Å². The van der Waals surface area contributed by atoms with Crippen molar-refractivity contribution in [2.45, 2.75) is 33.0 Å². The molecule has 0 atom stereocenters. The fourth-order valence-corrected chi connectivity index (χ4v) is 1.55. The zero-order chi connectivity index (χ0) is 11.9. The molecule has 2 heterocycles. The fraction of sp³-hybridized carbons (Fsp3) is 0.455. The molecule has 1 N–H and O–H groups in total. The highest BCUT2D eigenvalue weighted by Gasteiger charge is 2.02. The molecule has 0 aliphatic heterocycles. The summed E-state index contributed by atoms with van der Waals surface area (Å²) in [4.78, 5) is 4.22. The van der Waals surface area contributed by atoms with Crippen LogP contribution < -0.4 is 5.32 Å². The number of nitrogens with one attached hydrogen (secondary N) is 1. The highest BCUT2D eigenvalue weighted by Crippen LogP contribution is 1.97. The average molecular weight is 232 g/mol. The first-order chi connectivity index (χ1) is 8.40. The molecule has 6 nitrogen and oxygen atoms in total. The van der Waals surface area contributed by atoms with Crippen LogP contribution in [0.5, 0.6) is 0 Å². The largest absolute Gasteiger partial charge is 0.304 e. The van der Waals surface area contributed by atoms with Crippen molar-refractivity contribution in [3.05, 3.63) is 36.2 Å². The Hall–Kier alpha value is -1.82. The van der Waals surface area contributed by atoms with Crippen molar-refractivity contribution in [1.29, 1.82) is 0 Å². The summed E-state index contributed by atoms with van der Waals surface area (Å²) in [6.45, 7) is 4.41. The molecule has 2 aromatic heterocycles. The molecule has 0 saturated heterocycles. The Morgan fingerprint density at radius 3 is 3.06 bits per heavy atom. The highest BCUT2D eigenvalue weighted by molar-refractivity contribution is 4.98. The van der Waals surface area contributed by atoms with Gasteiger partial charge in [-0.2, -0.15) is 15.3 Å². The first-order valence-electron chi connectivity index (χ1n) is 5.74. The Bertz CT molecular complexity index is 438. The summed E-state index contributed by atoms with van der Waals surface area (Å²) in [6.07, 6.45) is 4.32. The van der Waals surface area contributed by atoms with E-state index >= 15 is 0 Å². The number of rotatable bonds is 6. The lowest BCUT2D eigenvalue weighted by molar-refractivity contribution is 0.539. The van der Waals surface area contributed by atoms with Crippen molar-refractivity contribution < 1.29 is 0 Å². The minimum Gasteiger partial charge on any atom is -0.304 e. The molecule has 0 saturated carbocycles. The van der Waals surface area contributed by atoms with Crippen LogP contribution in [0.2, 0.25) is 0 Å². The average Bonchev–Trinajstić information content (AvgIpc) is 2.79. The maximum atomic E-state index is 4.22. The van der Waals surface area contributed by atoms with Crippen molar-refractivity contribution in [1.82, 2.24) is 30.3 Å². The van der Waals surface area contributed by atoms with Gasteiger partial charge in [0.1, 0.15) is 12.2 Å². The first-order valence-corrected chi connectivity index (χ1v) is 5.74. The van der Waals surface area contributed by atoms with Gasteiger partial charge in [-0.1, -0.05) is 6.92 Å². The maximum absolute atomic E-state index is 4.22. The van der Waals surface area contributed by atoms with E-state index < -0.39 is 0 Å². The zero-order valence-electron chi connectivity index (χ0n) is 9.87. The second kappa shape index (κ2) is 6.05. The third-order valence-electron chi connectivity index (χ3n) is 2.35. The van der Waals surface area contributed by atoms with Gasteiger partial charge >= 0.3 is 0 Å². The Morgan fingerprint density at radius 1 is 1.35 bits per heavy atom. The third kappa shape index (κ3) is 3.32. The standard InChI is InChI=1S/C11H16N6/c1-2-6-17-11(13-9-15-17)8-12-7-10-4-3-5-14-16-10/h3-5,9,12H,2,6-8H2,1H3. The quantitative estimate of drug-likeness (QED) is 0.796. The summed E-state index contributed by atoms with van der Waals surface area (Å²) in [5, 5.41) is 15.3. The smallest absolute Gasteiger partial charge is 0.140 e. The van der Waals surface area contributed by atoms with Crippen LogP contribution in [0.25, 0.3) is 0 Å². The van der Waals surface area contributed by atoms with E-state index in [0.717, 1.165) is 24.5 Å². The van der Waals surface area contributed by atoms with E-state index in [1.165, 1.54) is 0 Å². The molecule has 0 aromatic carbocycles. The molecule has 0 bridgehead atoms. The van der Waals surface area contributed by atoms with E-state index in [1.54, 1.807) is 12.5 Å². The Balaban J connectivity index is 1.84. The molecule has 0 aliphatic carbocycles. The molecule has 0 amide bonds. The van der Waals surface area contributed by atoms with Crippen LogP contribution in [0.3, 0.4) is 0 Å². The van der Waals surface area contributed by atoms with Crippen LogP contribution in [-0.4, -0.2) is 25.0 Å². The lowest BCUT2D eigenvalue weighted by atomic mass is 10.4. The number of nitrogens with zero attached hydrogens (tertiary/aromatic N) is 5. The zero-order valence-corrected chi connectivity index (χ0v) is 9.87. The van der Waals surface area contributed by atoms with Gasteiger partial charge < -0.3 is 5.32 Å². The minimum absolute atomic E-state index is 0.687. The summed E-state index contributed by atoms with van der Waals surface area (Å²) in [5.74, 6) is 0.954. The topological polar surface area (TPSA) is 68.5 Å². The number of hydrogen-bond acceptors (Lipinski definition) is 5. The van der Waals surface area contributed by atoms with E-state index in [4.69, 9.17) is 0 Å². The number of hydrogen-bond donors (Lipinski definition) is 1. The minimum atomic E-state index is 0.687. The normalized spacial score (nSPS) is 10.6. The molecular weight excluding hydrogens is 216 g/mol. The molecule has 90 valence electrons. The molecule has 0 spiro atoms. The Kier molecular flexibility index (Phi) is 4.15. The van der Waals surface area contributed by atoms with E-state index in [1.807, 2.05) is 16.8 Å². The predicted molar refractivity (Wildman–Crippen MR) is 62.9 cm³/mol. The molecule has 0 aliphatic rings. The highest BCUT2D eigenvalue weighted by atomic mass is 15.3. The van der Waals surface area contributed by atoms with Gasteiger partial charge in [0.2, 0.25) is 0 Å². The molecule has 6 heteroatoms. The van der Waals surface area contributed by atoms with Crippen LogP contribution in [0.15, 0.2) is 24.7 Å². The predicted octanol–water partition coefficient (Wildman–Crippen LogP) is 0.768. The lowest BCUT2D eigenvalue weighted by Gasteiger charge is -2.05. The van der Waals surface area contributed by atoms with Crippen LogP contribution in [0.1, 0.15) is 24.9 Å². The van der Waals surface area contributed by atoms with Gasteiger partial charge in [-0.25, -0.2) is 9.67 Å². The molecule has 17 heavy (non-hydrogen) atoms. The second-order valence-corrected chi connectivity index (χ2v) is 3.72. The van der Waals surface area contributed by atoms with Gasteiger partial charge in [0, 0.05) is 19.3 Å². The van der Waals surface area contributed by atoms with Crippen LogP contribution in [0, 0.1) is 0 Å². The molecule has 0 unspecified atom stereocenters. The number of aromatic nitrogens is 5. The first kappa shape index (κ1) is 11.7. The summed E-state index contributed by atoms with van der Waals surface area (Å²) in [5.41, 5.74) is 0.925. The van der Waals surface area contributed by atoms with Gasteiger partial charge in [0.15, 0.2) is 0 Å². The molecular formula is C11H16N6. The van der Waals surface area contributed by atoms with Gasteiger partial charge in [0.05, 0.1) is 12.2 Å². The Labute approximate surface area is 100 Å². The molecule has 0 fully saturated rings. The molecule has 2 aromatic rings. The summed E-state index contributed by atoms with van der Waals surface area (Å²) >= 11 is 0. The van der Waals surface area contributed by atoms with Crippen molar-refractivity contribution in [3.8, 4) is 0 Å². The maximum Gasteiger partial charge on any atom is 0.140 e. The van der Waals surface area contributed by atoms with Crippen molar-refractivity contribution in [2.24, 2.45) is 0 Å². The summed E-state index contributed by atoms with van der Waals surface area (Å²) in [6, 6.07) is 3.82. The number of aryl methyl sites for hydroxylation is 1. The molecule has 2 rings (SSSR count). The Morgan fingerprint density at radius 2 is 2.29 bits per heavy atom. The van der Waals surface area contributed by atoms with Gasteiger partial charge in [-0.05, 0) is 18.6 Å². The van der Waals surface area contributed by atoms with Crippen LogP contribution >= 0.6 is 0 Å². The van der Waals surface area contributed by atoms with Crippen molar-refractivity contribution in [3.63, 3.8) is 0 Å². The van der Waals surface area contributed by atoms with Gasteiger partial charge in [0.25, 0.3) is 0 Å².